The Balaban J connectivity index is 1.33. The number of hydrogen-bond donors (Lipinski definition) is 0. The van der Waals surface area contributed by atoms with E-state index in [1.54, 1.807) is 6.92 Å². The van der Waals surface area contributed by atoms with E-state index < -0.39 is 10.0 Å². The molecule has 1 aliphatic rings. The molecular formula is C22H26N2O5S. The monoisotopic (exact) mass is 430 g/mol. The third kappa shape index (κ3) is 4.60. The predicted octanol–water partition coefficient (Wildman–Crippen LogP) is 3.08. The van der Waals surface area contributed by atoms with E-state index in [0.29, 0.717) is 32.0 Å². The molecule has 1 aromatic carbocycles. The number of benzene rings is 1. The Hall–Kier alpha value is -2.58. The molecule has 1 fully saturated rings. The van der Waals surface area contributed by atoms with Gasteiger partial charge in [0.25, 0.3) is 0 Å². The van der Waals surface area contributed by atoms with Crippen molar-refractivity contribution in [1.82, 2.24) is 8.87 Å². The number of sulfonamides is 1. The minimum Gasteiger partial charge on any atom is -0.486 e. The normalized spacial score (nSPS) is 16.2. The lowest BCUT2D eigenvalue weighted by Gasteiger charge is -2.30. The van der Waals surface area contributed by atoms with Crippen molar-refractivity contribution in [3.8, 4) is 5.75 Å². The minimum atomic E-state index is -3.13. The fourth-order valence-electron chi connectivity index (χ4n) is 3.78. The highest BCUT2D eigenvalue weighted by Gasteiger charge is 2.27. The van der Waals surface area contributed by atoms with Gasteiger partial charge < -0.3 is 13.7 Å². The zero-order chi connectivity index (χ0) is 21.1. The predicted molar refractivity (Wildman–Crippen MR) is 115 cm³/mol. The zero-order valence-electron chi connectivity index (χ0n) is 17.0. The molecule has 0 N–H and O–H groups in total. The third-order valence-corrected chi connectivity index (χ3v) is 7.48. The maximum absolute atomic E-state index is 12.4. The first-order valence-electron chi connectivity index (χ1n) is 10.2. The molecule has 4 rings (SSSR count). The van der Waals surface area contributed by atoms with Gasteiger partial charge in [-0.05, 0) is 36.5 Å². The fourth-order valence-corrected chi connectivity index (χ4v) is 4.92. The number of hydrogen-bond acceptors (Lipinski definition) is 5. The van der Waals surface area contributed by atoms with E-state index in [9.17, 15) is 13.2 Å². The highest BCUT2D eigenvalue weighted by Crippen LogP contribution is 2.21. The summed E-state index contributed by atoms with van der Waals surface area (Å²) >= 11 is 0. The molecule has 0 atom stereocenters. The Morgan fingerprint density at radius 3 is 2.40 bits per heavy atom. The lowest BCUT2D eigenvalue weighted by atomic mass is 9.99. The molecule has 0 spiro atoms. The number of ether oxygens (including phenoxy) is 1. The van der Waals surface area contributed by atoms with Gasteiger partial charge in [-0.1, -0.05) is 24.3 Å². The molecule has 7 nitrogen and oxygen atoms in total. The van der Waals surface area contributed by atoms with E-state index in [1.807, 2.05) is 41.2 Å². The largest absolute Gasteiger partial charge is 0.486 e. The van der Waals surface area contributed by atoms with Crippen molar-refractivity contribution in [1.29, 1.82) is 0 Å². The van der Waals surface area contributed by atoms with Crippen molar-refractivity contribution in [3.63, 3.8) is 0 Å². The van der Waals surface area contributed by atoms with Crippen LogP contribution >= 0.6 is 0 Å². The Kier molecular flexibility index (Phi) is 5.97. The van der Waals surface area contributed by atoms with Gasteiger partial charge in [-0.15, -0.1) is 0 Å². The Morgan fingerprint density at radius 1 is 1.13 bits per heavy atom. The van der Waals surface area contributed by atoms with Crippen LogP contribution < -0.4 is 10.2 Å². The summed E-state index contributed by atoms with van der Waals surface area (Å²) in [6.45, 7) is 3.51. The maximum atomic E-state index is 12.4. The third-order valence-electron chi connectivity index (χ3n) is 5.60. The first-order chi connectivity index (χ1) is 14.4. The SMILES string of the molecule is CCS(=O)(=O)N1CCC(COc2coc(Cn3cc4ccccc4c3)cc2=O)CC1. The first kappa shape index (κ1) is 20.7. The number of piperidine rings is 1. The van der Waals surface area contributed by atoms with Crippen molar-refractivity contribution in [3.05, 3.63) is 65.0 Å². The molecule has 0 bridgehead atoms. The van der Waals surface area contributed by atoms with Gasteiger partial charge in [-0.3, -0.25) is 4.79 Å². The Bertz CT molecular complexity index is 1140. The van der Waals surface area contributed by atoms with Crippen LogP contribution in [0.5, 0.6) is 5.75 Å². The van der Waals surface area contributed by atoms with Crippen LogP contribution in [0.4, 0.5) is 0 Å². The van der Waals surface area contributed by atoms with Gasteiger partial charge >= 0.3 is 0 Å². The summed E-state index contributed by atoms with van der Waals surface area (Å²) in [6, 6.07) is 9.54. The summed E-state index contributed by atoms with van der Waals surface area (Å²) in [4.78, 5) is 12.4. The van der Waals surface area contributed by atoms with Crippen molar-refractivity contribution < 1.29 is 17.6 Å². The van der Waals surface area contributed by atoms with Crippen LogP contribution in [0, 0.1) is 5.92 Å². The minimum absolute atomic E-state index is 0.126. The number of nitrogens with zero attached hydrogens (tertiary/aromatic N) is 2. The van der Waals surface area contributed by atoms with Crippen LogP contribution in [-0.4, -0.2) is 42.7 Å². The van der Waals surface area contributed by atoms with Crippen LogP contribution in [0.15, 0.2) is 58.2 Å². The van der Waals surface area contributed by atoms with Crippen LogP contribution in [0.1, 0.15) is 25.5 Å². The van der Waals surface area contributed by atoms with Gasteiger partial charge in [-0.2, -0.15) is 0 Å². The summed E-state index contributed by atoms with van der Waals surface area (Å²) in [7, 11) is -3.13. The van der Waals surface area contributed by atoms with Gasteiger partial charge in [0, 0.05) is 31.5 Å². The second-order valence-electron chi connectivity index (χ2n) is 7.69. The lowest BCUT2D eigenvalue weighted by Crippen LogP contribution is -2.40. The topological polar surface area (TPSA) is 81.8 Å². The quantitative estimate of drug-likeness (QED) is 0.575. The van der Waals surface area contributed by atoms with E-state index in [2.05, 4.69) is 0 Å². The van der Waals surface area contributed by atoms with Crippen molar-refractivity contribution in [2.75, 3.05) is 25.4 Å². The maximum Gasteiger partial charge on any atom is 0.227 e. The molecule has 0 radical (unpaired) electrons. The van der Waals surface area contributed by atoms with Crippen molar-refractivity contribution >= 4 is 20.8 Å². The summed E-state index contributed by atoms with van der Waals surface area (Å²) in [6.07, 6.45) is 6.86. The van der Waals surface area contributed by atoms with E-state index in [0.717, 1.165) is 23.6 Å². The fraction of sp³-hybridized carbons (Fsp3) is 0.409. The molecule has 3 aromatic rings. The Labute approximate surface area is 175 Å². The van der Waals surface area contributed by atoms with Gasteiger partial charge in [-0.25, -0.2) is 12.7 Å². The van der Waals surface area contributed by atoms with E-state index in [-0.39, 0.29) is 22.8 Å². The average Bonchev–Trinajstić information content (AvgIpc) is 3.16. The molecule has 0 saturated carbocycles. The van der Waals surface area contributed by atoms with Crippen LogP contribution in [0.25, 0.3) is 10.8 Å². The molecule has 30 heavy (non-hydrogen) atoms. The number of aromatic nitrogens is 1. The highest BCUT2D eigenvalue weighted by molar-refractivity contribution is 7.89. The summed E-state index contributed by atoms with van der Waals surface area (Å²) in [5.41, 5.74) is -0.209. The lowest BCUT2D eigenvalue weighted by molar-refractivity contribution is 0.181. The summed E-state index contributed by atoms with van der Waals surface area (Å²) < 4.78 is 38.7. The molecule has 0 unspecified atom stereocenters. The summed E-state index contributed by atoms with van der Waals surface area (Å²) in [5.74, 6) is 1.10. The van der Waals surface area contributed by atoms with E-state index >= 15 is 0 Å². The van der Waals surface area contributed by atoms with E-state index in [1.165, 1.54) is 16.6 Å². The molecular weight excluding hydrogens is 404 g/mol. The second-order valence-corrected chi connectivity index (χ2v) is 9.95. The van der Waals surface area contributed by atoms with Gasteiger partial charge in [0.2, 0.25) is 21.2 Å². The second kappa shape index (κ2) is 8.65. The van der Waals surface area contributed by atoms with Crippen molar-refractivity contribution in [2.45, 2.75) is 26.3 Å². The number of fused-ring (bicyclic) bond motifs is 1. The first-order valence-corrected chi connectivity index (χ1v) is 11.8. The van der Waals surface area contributed by atoms with E-state index in [4.69, 9.17) is 9.15 Å². The summed E-state index contributed by atoms with van der Waals surface area (Å²) in [5, 5.41) is 2.27. The molecule has 8 heteroatoms. The average molecular weight is 431 g/mol. The highest BCUT2D eigenvalue weighted by atomic mass is 32.2. The molecule has 3 heterocycles. The van der Waals surface area contributed by atoms with Crippen LogP contribution in [-0.2, 0) is 16.6 Å². The van der Waals surface area contributed by atoms with Gasteiger partial charge in [0.05, 0.1) is 18.9 Å². The molecule has 1 saturated heterocycles. The molecule has 160 valence electrons. The van der Waals surface area contributed by atoms with Gasteiger partial charge in [0.1, 0.15) is 12.0 Å². The smallest absolute Gasteiger partial charge is 0.227 e. The molecule has 0 amide bonds. The molecule has 1 aliphatic heterocycles. The zero-order valence-corrected chi connectivity index (χ0v) is 17.8. The number of rotatable bonds is 7. The van der Waals surface area contributed by atoms with Crippen molar-refractivity contribution in [2.24, 2.45) is 5.92 Å². The van der Waals surface area contributed by atoms with Crippen LogP contribution in [0.2, 0.25) is 0 Å². The van der Waals surface area contributed by atoms with Crippen LogP contribution in [0.3, 0.4) is 0 Å². The Morgan fingerprint density at radius 2 is 1.80 bits per heavy atom. The van der Waals surface area contributed by atoms with Gasteiger partial charge in [0.15, 0.2) is 0 Å². The standard InChI is InChI=1S/C22H26N2O5S/c1-2-30(26,27)24-9-7-17(8-10-24)15-29-22-16-28-20(11-21(22)25)14-23-12-18-5-3-4-6-19(18)13-23/h3-6,11-13,16-17H,2,7-10,14-15H2,1H3. The molecule has 2 aromatic heterocycles. The molecule has 0 aliphatic carbocycles.